The number of piperidine rings is 1. The fourth-order valence-corrected chi connectivity index (χ4v) is 5.73. The second-order valence-corrected chi connectivity index (χ2v) is 12.5. The van der Waals surface area contributed by atoms with E-state index in [2.05, 4.69) is 39.1 Å². The third-order valence-electron chi connectivity index (χ3n) is 7.48. The predicted octanol–water partition coefficient (Wildman–Crippen LogP) is 6.34. The molecule has 238 valence electrons. The van der Waals surface area contributed by atoms with Crippen LogP contribution in [0.5, 0.6) is 11.5 Å². The van der Waals surface area contributed by atoms with Crippen LogP contribution in [0.15, 0.2) is 48.5 Å². The molecule has 0 bridgehead atoms. The fraction of sp³-hybridized carbons (Fsp3) is 0.467. The van der Waals surface area contributed by atoms with Crippen LogP contribution in [0.1, 0.15) is 49.6 Å². The van der Waals surface area contributed by atoms with Gasteiger partial charge in [-0.3, -0.25) is 14.3 Å². The van der Waals surface area contributed by atoms with E-state index in [-0.39, 0.29) is 36.9 Å². The summed E-state index contributed by atoms with van der Waals surface area (Å²) >= 11 is 0. The van der Waals surface area contributed by atoms with Gasteiger partial charge in [0.2, 0.25) is 10.0 Å². The van der Waals surface area contributed by atoms with Crippen LogP contribution >= 0.6 is 24.8 Å². The molecule has 0 unspecified atom stereocenters. The van der Waals surface area contributed by atoms with Gasteiger partial charge in [-0.25, -0.2) is 13.2 Å². The van der Waals surface area contributed by atoms with Crippen LogP contribution in [-0.4, -0.2) is 66.0 Å². The minimum atomic E-state index is -3.31. The SMILES string of the molecule is CCCCN(C(=O)Nc1c(C)nn(C)c1C)C1CCN(Cc2ccc(Oc3ccc(NS(C)(=O)=O)cc3)cc2)CC1.Cl.Cl. The monoisotopic (exact) mass is 654 g/mol. The van der Waals surface area contributed by atoms with Crippen molar-refractivity contribution in [2.24, 2.45) is 7.05 Å². The number of amides is 2. The highest BCUT2D eigenvalue weighted by Crippen LogP contribution is 2.26. The molecule has 0 radical (unpaired) electrons. The number of ether oxygens (including phenoxy) is 1. The summed E-state index contributed by atoms with van der Waals surface area (Å²) in [4.78, 5) is 17.8. The summed E-state index contributed by atoms with van der Waals surface area (Å²) in [6.07, 6.45) is 5.02. The maximum absolute atomic E-state index is 13.4. The summed E-state index contributed by atoms with van der Waals surface area (Å²) in [5.74, 6) is 1.34. The van der Waals surface area contributed by atoms with Crippen molar-refractivity contribution < 1.29 is 17.9 Å². The molecule has 2 aromatic carbocycles. The summed E-state index contributed by atoms with van der Waals surface area (Å²) in [5, 5.41) is 7.58. The average Bonchev–Trinajstić information content (AvgIpc) is 3.17. The lowest BCUT2D eigenvalue weighted by Gasteiger charge is -2.38. The molecule has 43 heavy (non-hydrogen) atoms. The van der Waals surface area contributed by atoms with Crippen LogP contribution in [0.3, 0.4) is 0 Å². The number of anilines is 2. The normalized spacial score (nSPS) is 13.9. The molecule has 13 heteroatoms. The molecular weight excluding hydrogens is 611 g/mol. The Labute approximate surface area is 268 Å². The number of hydrogen-bond donors (Lipinski definition) is 2. The maximum Gasteiger partial charge on any atom is 0.322 e. The first-order chi connectivity index (χ1) is 19.5. The molecule has 1 aliphatic heterocycles. The van der Waals surface area contributed by atoms with Gasteiger partial charge in [0.1, 0.15) is 11.5 Å². The van der Waals surface area contributed by atoms with Crippen molar-refractivity contribution in [3.8, 4) is 11.5 Å². The highest BCUT2D eigenvalue weighted by atomic mass is 35.5. The van der Waals surface area contributed by atoms with Gasteiger partial charge in [-0.05, 0) is 75.1 Å². The van der Waals surface area contributed by atoms with E-state index in [4.69, 9.17) is 4.74 Å². The lowest BCUT2D eigenvalue weighted by atomic mass is 10.0. The van der Waals surface area contributed by atoms with Crippen LogP contribution in [0.25, 0.3) is 0 Å². The van der Waals surface area contributed by atoms with E-state index in [1.54, 1.807) is 28.9 Å². The second-order valence-electron chi connectivity index (χ2n) is 10.8. The van der Waals surface area contributed by atoms with Crippen LogP contribution in [0.4, 0.5) is 16.2 Å². The number of sulfonamides is 1. The molecule has 0 saturated carbocycles. The Kier molecular flexibility index (Phi) is 13.6. The average molecular weight is 656 g/mol. The first-order valence-corrected chi connectivity index (χ1v) is 16.1. The molecule has 0 atom stereocenters. The molecular formula is C30H44Cl2N6O4S. The van der Waals surface area contributed by atoms with Gasteiger partial charge in [-0.1, -0.05) is 25.5 Å². The fourth-order valence-electron chi connectivity index (χ4n) is 5.16. The van der Waals surface area contributed by atoms with Gasteiger partial charge in [0.25, 0.3) is 0 Å². The van der Waals surface area contributed by atoms with Gasteiger partial charge < -0.3 is 15.0 Å². The third-order valence-corrected chi connectivity index (χ3v) is 8.08. The minimum absolute atomic E-state index is 0. The zero-order valence-corrected chi connectivity index (χ0v) is 27.9. The standard InChI is InChI=1S/C30H42N6O4S.2ClH/c1-6-7-18-36(30(37)31-29-22(2)32-34(4)23(29)3)26-16-19-35(20-17-26)21-24-8-12-27(13-9-24)40-28-14-10-25(11-15-28)33-41(5,38)39;;/h8-15,26,33H,6-7,16-21H2,1-5H3,(H,31,37);2*1H. The van der Waals surface area contributed by atoms with Crippen molar-refractivity contribution in [2.75, 3.05) is 35.9 Å². The number of nitrogens with zero attached hydrogens (tertiary/aromatic N) is 4. The number of aryl methyl sites for hydroxylation is 2. The molecule has 2 heterocycles. The zero-order chi connectivity index (χ0) is 29.6. The Balaban J connectivity index is 0.00000323. The van der Waals surface area contributed by atoms with Crippen LogP contribution in [-0.2, 0) is 23.6 Å². The first kappa shape index (κ1) is 36.2. The number of hydrogen-bond acceptors (Lipinski definition) is 6. The van der Waals surface area contributed by atoms with Gasteiger partial charge in [-0.15, -0.1) is 24.8 Å². The molecule has 2 amide bonds. The Hall–Kier alpha value is -2.99. The van der Waals surface area contributed by atoms with Gasteiger partial charge in [-0.2, -0.15) is 5.10 Å². The second kappa shape index (κ2) is 16.2. The molecule has 2 N–H and O–H groups in total. The molecule has 0 spiro atoms. The van der Waals surface area contributed by atoms with Gasteiger partial charge in [0.15, 0.2) is 0 Å². The summed E-state index contributed by atoms with van der Waals surface area (Å²) < 4.78 is 32.9. The number of rotatable bonds is 11. The molecule has 10 nitrogen and oxygen atoms in total. The Bertz CT molecular complexity index is 1420. The molecule has 1 fully saturated rings. The molecule has 0 aliphatic carbocycles. The quantitative estimate of drug-likeness (QED) is 0.250. The molecule has 4 rings (SSSR count). The summed E-state index contributed by atoms with van der Waals surface area (Å²) in [5.41, 5.74) is 4.29. The van der Waals surface area contributed by atoms with E-state index < -0.39 is 10.0 Å². The maximum atomic E-state index is 13.4. The predicted molar refractivity (Wildman–Crippen MR) is 178 cm³/mol. The minimum Gasteiger partial charge on any atom is -0.457 e. The van der Waals surface area contributed by atoms with Crippen molar-refractivity contribution in [1.82, 2.24) is 19.6 Å². The summed E-state index contributed by atoms with van der Waals surface area (Å²) in [7, 11) is -1.42. The number of unbranched alkanes of at least 4 members (excludes halogenated alkanes) is 1. The van der Waals surface area contributed by atoms with E-state index in [1.165, 1.54) is 5.56 Å². The van der Waals surface area contributed by atoms with E-state index in [9.17, 15) is 13.2 Å². The molecule has 1 aliphatic rings. The van der Waals surface area contributed by atoms with Crippen LogP contribution in [0, 0.1) is 13.8 Å². The smallest absolute Gasteiger partial charge is 0.322 e. The lowest BCUT2D eigenvalue weighted by molar-refractivity contribution is 0.122. The topological polar surface area (TPSA) is 109 Å². The number of likely N-dealkylation sites (tertiary alicyclic amines) is 1. The van der Waals surface area contributed by atoms with E-state index in [0.717, 1.165) is 75.2 Å². The van der Waals surface area contributed by atoms with Crippen molar-refractivity contribution in [2.45, 2.75) is 59.0 Å². The van der Waals surface area contributed by atoms with Crippen LogP contribution in [0.2, 0.25) is 0 Å². The highest BCUT2D eigenvalue weighted by Gasteiger charge is 2.28. The highest BCUT2D eigenvalue weighted by molar-refractivity contribution is 7.92. The molecule has 3 aromatic rings. The Morgan fingerprint density at radius 1 is 1.02 bits per heavy atom. The number of aromatic nitrogens is 2. The van der Waals surface area contributed by atoms with E-state index >= 15 is 0 Å². The molecule has 1 saturated heterocycles. The lowest BCUT2D eigenvalue weighted by Crippen LogP contribution is -2.49. The number of urea groups is 1. The number of carbonyl (C=O) groups excluding carboxylic acids is 1. The van der Waals surface area contributed by atoms with Gasteiger partial charge >= 0.3 is 6.03 Å². The first-order valence-electron chi connectivity index (χ1n) is 14.2. The number of carbonyl (C=O) groups is 1. The van der Waals surface area contributed by atoms with Crippen molar-refractivity contribution in [1.29, 1.82) is 0 Å². The van der Waals surface area contributed by atoms with Crippen molar-refractivity contribution in [3.05, 3.63) is 65.5 Å². The summed E-state index contributed by atoms with van der Waals surface area (Å²) in [6.45, 7) is 9.50. The summed E-state index contributed by atoms with van der Waals surface area (Å²) in [6, 6.07) is 15.0. The number of nitrogens with one attached hydrogen (secondary N) is 2. The number of benzene rings is 2. The zero-order valence-electron chi connectivity index (χ0n) is 25.5. The third kappa shape index (κ3) is 10.3. The van der Waals surface area contributed by atoms with Crippen molar-refractivity contribution in [3.63, 3.8) is 0 Å². The largest absolute Gasteiger partial charge is 0.457 e. The number of halogens is 2. The van der Waals surface area contributed by atoms with E-state index in [0.29, 0.717) is 17.2 Å². The van der Waals surface area contributed by atoms with Gasteiger partial charge in [0.05, 0.1) is 23.3 Å². The van der Waals surface area contributed by atoms with E-state index in [1.807, 2.05) is 37.9 Å². The Morgan fingerprint density at radius 2 is 1.60 bits per heavy atom. The van der Waals surface area contributed by atoms with Crippen molar-refractivity contribution >= 4 is 52.2 Å². The Morgan fingerprint density at radius 3 is 2.12 bits per heavy atom. The molecule has 1 aromatic heterocycles. The van der Waals surface area contributed by atoms with Gasteiger partial charge in [0, 0.05) is 45.0 Å². The van der Waals surface area contributed by atoms with Crippen LogP contribution < -0.4 is 14.8 Å².